The second-order valence-corrected chi connectivity index (χ2v) is 4.65. The molecule has 2 N–H and O–H groups in total. The third kappa shape index (κ3) is 2.82. The highest BCUT2D eigenvalue weighted by Gasteiger charge is 2.09. The molecule has 0 aliphatic heterocycles. The van der Waals surface area contributed by atoms with Gasteiger partial charge in [0.1, 0.15) is 23.2 Å². The summed E-state index contributed by atoms with van der Waals surface area (Å²) in [7, 11) is 3.53. The highest BCUT2D eigenvalue weighted by Crippen LogP contribution is 2.26. The number of benzene rings is 1. The summed E-state index contributed by atoms with van der Waals surface area (Å²) in [5.41, 5.74) is 3.05. The lowest BCUT2D eigenvalue weighted by Gasteiger charge is -2.13. The molecule has 0 saturated carbocycles. The average Bonchev–Trinajstić information content (AvgIpc) is 2.42. The zero-order valence-corrected chi connectivity index (χ0v) is 12.5. The quantitative estimate of drug-likeness (QED) is 0.895. The molecule has 106 valence electrons. The van der Waals surface area contributed by atoms with Crippen LogP contribution in [0.2, 0.25) is 0 Å². The Morgan fingerprint density at radius 3 is 2.35 bits per heavy atom. The number of hydrogen-bond donors (Lipinski definition) is 2. The first-order valence-electron chi connectivity index (χ1n) is 6.49. The van der Waals surface area contributed by atoms with E-state index in [4.69, 9.17) is 4.74 Å². The first-order valence-corrected chi connectivity index (χ1v) is 6.49. The number of nitrogens with zero attached hydrogens (tertiary/aromatic N) is 2. The zero-order valence-electron chi connectivity index (χ0n) is 12.5. The molecule has 0 bridgehead atoms. The minimum atomic E-state index is 0.729. The zero-order chi connectivity index (χ0) is 14.7. The highest BCUT2D eigenvalue weighted by atomic mass is 16.5. The van der Waals surface area contributed by atoms with Crippen molar-refractivity contribution in [3.63, 3.8) is 0 Å². The van der Waals surface area contributed by atoms with Crippen molar-refractivity contribution in [2.75, 3.05) is 24.8 Å². The maximum absolute atomic E-state index is 5.27. The summed E-state index contributed by atoms with van der Waals surface area (Å²) >= 11 is 0. The van der Waals surface area contributed by atoms with Gasteiger partial charge in [-0.25, -0.2) is 9.97 Å². The molecule has 0 saturated heterocycles. The molecule has 0 amide bonds. The van der Waals surface area contributed by atoms with E-state index in [9.17, 15) is 0 Å². The Morgan fingerprint density at radius 1 is 1.05 bits per heavy atom. The predicted molar refractivity (Wildman–Crippen MR) is 82.1 cm³/mol. The van der Waals surface area contributed by atoms with Crippen LogP contribution >= 0.6 is 0 Å². The standard InChI is InChI=1S/C15H20N4O/c1-9-8-12(6-7-13(9)20-5)19-15-10(2)14(16-4)17-11(3)18-15/h6-8H,1-5H3,(H2,16,17,18,19). The Morgan fingerprint density at radius 2 is 1.75 bits per heavy atom. The van der Waals surface area contributed by atoms with Gasteiger partial charge in [0.15, 0.2) is 0 Å². The highest BCUT2D eigenvalue weighted by molar-refractivity contribution is 5.65. The monoisotopic (exact) mass is 272 g/mol. The number of ether oxygens (including phenoxy) is 1. The SMILES string of the molecule is CNc1nc(C)nc(Nc2ccc(OC)c(C)c2)c1C. The number of aromatic nitrogens is 2. The smallest absolute Gasteiger partial charge is 0.139 e. The van der Waals surface area contributed by atoms with Crippen molar-refractivity contribution in [1.29, 1.82) is 0 Å². The number of anilines is 3. The lowest BCUT2D eigenvalue weighted by molar-refractivity contribution is 0.412. The van der Waals surface area contributed by atoms with E-state index in [-0.39, 0.29) is 0 Å². The molecule has 0 spiro atoms. The van der Waals surface area contributed by atoms with Crippen LogP contribution in [-0.4, -0.2) is 24.1 Å². The maximum atomic E-state index is 5.27. The lowest BCUT2D eigenvalue weighted by atomic mass is 10.2. The molecule has 0 aliphatic rings. The molecule has 1 heterocycles. The van der Waals surface area contributed by atoms with E-state index in [1.54, 1.807) is 7.11 Å². The number of aryl methyl sites for hydroxylation is 2. The van der Waals surface area contributed by atoms with Crippen LogP contribution in [0, 0.1) is 20.8 Å². The number of nitrogens with one attached hydrogen (secondary N) is 2. The van der Waals surface area contributed by atoms with Crippen LogP contribution in [0.25, 0.3) is 0 Å². The summed E-state index contributed by atoms with van der Waals surface area (Å²) in [6.07, 6.45) is 0. The normalized spacial score (nSPS) is 10.2. The van der Waals surface area contributed by atoms with Gasteiger partial charge in [-0.3, -0.25) is 0 Å². The van der Waals surface area contributed by atoms with Crippen LogP contribution in [0.4, 0.5) is 17.3 Å². The summed E-state index contributed by atoms with van der Waals surface area (Å²) in [6.45, 7) is 5.88. The third-order valence-corrected chi connectivity index (χ3v) is 3.15. The van der Waals surface area contributed by atoms with Gasteiger partial charge in [0, 0.05) is 18.3 Å². The summed E-state index contributed by atoms with van der Waals surface area (Å²) < 4.78 is 5.27. The van der Waals surface area contributed by atoms with Gasteiger partial charge in [-0.2, -0.15) is 0 Å². The third-order valence-electron chi connectivity index (χ3n) is 3.15. The van der Waals surface area contributed by atoms with E-state index in [0.29, 0.717) is 0 Å². The summed E-state index contributed by atoms with van der Waals surface area (Å²) in [6, 6.07) is 5.95. The van der Waals surface area contributed by atoms with Crippen molar-refractivity contribution < 1.29 is 4.74 Å². The fourth-order valence-corrected chi connectivity index (χ4v) is 2.09. The number of rotatable bonds is 4. The van der Waals surface area contributed by atoms with E-state index in [0.717, 1.165) is 40.0 Å². The minimum Gasteiger partial charge on any atom is -0.496 e. The average molecular weight is 272 g/mol. The molecule has 0 radical (unpaired) electrons. The second kappa shape index (κ2) is 5.77. The molecular weight excluding hydrogens is 252 g/mol. The van der Waals surface area contributed by atoms with Crippen LogP contribution < -0.4 is 15.4 Å². The molecule has 2 rings (SSSR count). The molecule has 0 unspecified atom stereocenters. The lowest BCUT2D eigenvalue weighted by Crippen LogP contribution is -2.05. The fraction of sp³-hybridized carbons (Fsp3) is 0.333. The van der Waals surface area contributed by atoms with Crippen LogP contribution in [0.15, 0.2) is 18.2 Å². The molecule has 0 aliphatic carbocycles. The van der Waals surface area contributed by atoms with Crippen molar-refractivity contribution in [2.45, 2.75) is 20.8 Å². The van der Waals surface area contributed by atoms with Crippen LogP contribution in [0.5, 0.6) is 5.75 Å². The first kappa shape index (κ1) is 14.1. The Balaban J connectivity index is 2.34. The number of hydrogen-bond acceptors (Lipinski definition) is 5. The predicted octanol–water partition coefficient (Wildman–Crippen LogP) is 3.20. The minimum absolute atomic E-state index is 0.729. The molecule has 0 fully saturated rings. The molecule has 2 aromatic rings. The Hall–Kier alpha value is -2.30. The number of methoxy groups -OCH3 is 1. The van der Waals surface area contributed by atoms with Gasteiger partial charge in [-0.15, -0.1) is 0 Å². The molecule has 1 aromatic heterocycles. The van der Waals surface area contributed by atoms with E-state index < -0.39 is 0 Å². The molecule has 1 aromatic carbocycles. The van der Waals surface area contributed by atoms with Crippen molar-refractivity contribution >= 4 is 17.3 Å². The molecular formula is C15H20N4O. The van der Waals surface area contributed by atoms with Gasteiger partial charge in [0.05, 0.1) is 7.11 Å². The van der Waals surface area contributed by atoms with Gasteiger partial charge >= 0.3 is 0 Å². The van der Waals surface area contributed by atoms with Crippen LogP contribution in [0.1, 0.15) is 17.0 Å². The van der Waals surface area contributed by atoms with E-state index >= 15 is 0 Å². The van der Waals surface area contributed by atoms with Crippen LogP contribution in [-0.2, 0) is 0 Å². The van der Waals surface area contributed by atoms with Crippen molar-refractivity contribution in [2.24, 2.45) is 0 Å². The first-order chi connectivity index (χ1) is 9.55. The van der Waals surface area contributed by atoms with E-state index in [2.05, 4.69) is 20.6 Å². The molecule has 5 heteroatoms. The van der Waals surface area contributed by atoms with Crippen LogP contribution in [0.3, 0.4) is 0 Å². The fourth-order valence-electron chi connectivity index (χ4n) is 2.09. The maximum Gasteiger partial charge on any atom is 0.139 e. The van der Waals surface area contributed by atoms with Crippen molar-refractivity contribution in [1.82, 2.24) is 9.97 Å². The van der Waals surface area contributed by atoms with Gasteiger partial charge in [0.2, 0.25) is 0 Å². The van der Waals surface area contributed by atoms with E-state index in [1.807, 2.05) is 46.0 Å². The van der Waals surface area contributed by atoms with Gasteiger partial charge in [-0.1, -0.05) is 0 Å². The summed E-state index contributed by atoms with van der Waals surface area (Å²) in [5.74, 6) is 3.26. The molecule has 0 atom stereocenters. The van der Waals surface area contributed by atoms with Gasteiger partial charge in [-0.05, 0) is 44.5 Å². The summed E-state index contributed by atoms with van der Waals surface area (Å²) in [5, 5.41) is 6.41. The topological polar surface area (TPSA) is 59.1 Å². The molecule has 20 heavy (non-hydrogen) atoms. The summed E-state index contributed by atoms with van der Waals surface area (Å²) in [4.78, 5) is 8.81. The molecule has 5 nitrogen and oxygen atoms in total. The van der Waals surface area contributed by atoms with Gasteiger partial charge in [0.25, 0.3) is 0 Å². The second-order valence-electron chi connectivity index (χ2n) is 4.65. The van der Waals surface area contributed by atoms with Crippen molar-refractivity contribution in [3.05, 3.63) is 35.2 Å². The van der Waals surface area contributed by atoms with Crippen molar-refractivity contribution in [3.8, 4) is 5.75 Å². The Bertz CT molecular complexity index is 626. The van der Waals surface area contributed by atoms with Gasteiger partial charge < -0.3 is 15.4 Å². The largest absolute Gasteiger partial charge is 0.496 e. The van der Waals surface area contributed by atoms with E-state index in [1.165, 1.54) is 0 Å². The Kier molecular flexibility index (Phi) is 4.08. The Labute approximate surface area is 119 Å².